The van der Waals surface area contributed by atoms with E-state index in [1.54, 1.807) is 0 Å². The maximum absolute atomic E-state index is 12.4. The molecule has 0 aromatic rings. The fourth-order valence-electron chi connectivity index (χ4n) is 4.98. The molecule has 4 aliphatic rings. The summed E-state index contributed by atoms with van der Waals surface area (Å²) in [4.78, 5) is 18.0. The monoisotopic (exact) mass is 353 g/mol. The molecule has 2 saturated heterocycles. The molecular formula is C17H31N5O3. The first-order chi connectivity index (χ1) is 12.1. The zero-order valence-corrected chi connectivity index (χ0v) is 15.1. The van der Waals surface area contributed by atoms with E-state index in [1.807, 2.05) is 6.92 Å². The van der Waals surface area contributed by atoms with Gasteiger partial charge < -0.3 is 10.1 Å². The number of hydroxylamine groups is 1. The van der Waals surface area contributed by atoms with Crippen LogP contribution in [0.1, 0.15) is 52.4 Å². The summed E-state index contributed by atoms with van der Waals surface area (Å²) < 4.78 is 5.51. The fraction of sp³-hybridized carbons (Fsp3) is 0.941. The molecule has 2 aliphatic heterocycles. The van der Waals surface area contributed by atoms with Gasteiger partial charge in [-0.05, 0) is 63.2 Å². The van der Waals surface area contributed by atoms with E-state index in [-0.39, 0.29) is 30.6 Å². The first-order valence-electron chi connectivity index (χ1n) is 9.78. The Morgan fingerprint density at radius 2 is 2.00 bits per heavy atom. The number of fused-ring (bicyclic) bond motifs is 1. The molecule has 0 aromatic heterocycles. The van der Waals surface area contributed by atoms with E-state index in [2.05, 4.69) is 33.9 Å². The van der Waals surface area contributed by atoms with E-state index in [1.165, 1.54) is 25.7 Å². The molecule has 5 N–H and O–H groups in total. The number of hydrogen-bond acceptors (Lipinski definition) is 7. The van der Waals surface area contributed by atoms with Crippen molar-refractivity contribution in [2.75, 3.05) is 0 Å². The van der Waals surface area contributed by atoms with Crippen LogP contribution in [0.4, 0.5) is 0 Å². The number of rotatable bonds is 4. The van der Waals surface area contributed by atoms with Crippen molar-refractivity contribution >= 4 is 5.91 Å². The van der Waals surface area contributed by atoms with Crippen LogP contribution in [-0.2, 0) is 14.4 Å². The molecule has 2 aliphatic carbocycles. The Morgan fingerprint density at radius 3 is 2.72 bits per heavy atom. The van der Waals surface area contributed by atoms with Crippen LogP contribution in [0.5, 0.6) is 0 Å². The molecule has 8 heteroatoms. The molecule has 8 nitrogen and oxygen atoms in total. The Hall–Kier alpha value is -0.770. The minimum Gasteiger partial charge on any atom is -0.350 e. The lowest BCUT2D eigenvalue weighted by Crippen LogP contribution is -2.50. The fourth-order valence-corrected chi connectivity index (χ4v) is 4.98. The zero-order chi connectivity index (χ0) is 17.4. The van der Waals surface area contributed by atoms with Crippen LogP contribution < -0.4 is 27.0 Å². The number of ether oxygens (including phenoxy) is 1. The Bertz CT molecular complexity index is 493. The summed E-state index contributed by atoms with van der Waals surface area (Å²) >= 11 is 0. The number of amides is 1. The van der Waals surface area contributed by atoms with Crippen molar-refractivity contribution in [1.82, 2.24) is 27.0 Å². The van der Waals surface area contributed by atoms with Gasteiger partial charge in [0.1, 0.15) is 12.5 Å². The topological polar surface area (TPSA) is 95.7 Å². The Kier molecular flexibility index (Phi) is 5.26. The zero-order valence-electron chi connectivity index (χ0n) is 15.1. The maximum Gasteiger partial charge on any atom is 0.265 e. The summed E-state index contributed by atoms with van der Waals surface area (Å²) in [6.45, 7) is 4.01. The highest BCUT2D eigenvalue weighted by atomic mass is 16.7. The van der Waals surface area contributed by atoms with Crippen LogP contribution in [0.15, 0.2) is 0 Å². The van der Waals surface area contributed by atoms with Gasteiger partial charge in [-0.25, -0.2) is 10.9 Å². The van der Waals surface area contributed by atoms with Crippen molar-refractivity contribution < 1.29 is 14.4 Å². The van der Waals surface area contributed by atoms with Gasteiger partial charge in [-0.2, -0.15) is 5.48 Å². The van der Waals surface area contributed by atoms with Crippen molar-refractivity contribution in [2.24, 2.45) is 17.8 Å². The average molecular weight is 353 g/mol. The van der Waals surface area contributed by atoms with Gasteiger partial charge in [0.25, 0.3) is 5.91 Å². The summed E-state index contributed by atoms with van der Waals surface area (Å²) in [5.41, 5.74) is 8.99. The molecule has 0 aromatic carbocycles. The van der Waals surface area contributed by atoms with E-state index in [4.69, 9.17) is 9.57 Å². The second-order valence-electron chi connectivity index (χ2n) is 7.91. The van der Waals surface area contributed by atoms with Crippen LogP contribution in [0.2, 0.25) is 0 Å². The second-order valence-corrected chi connectivity index (χ2v) is 7.91. The number of hydrazine groups is 1. The van der Waals surface area contributed by atoms with Crippen molar-refractivity contribution in [3.05, 3.63) is 0 Å². The summed E-state index contributed by atoms with van der Waals surface area (Å²) in [6.07, 6.45) is 6.48. The SMILES string of the molecule is CCC1NC(C2CCC3C(CC[C@H]3NC(=O)C3NNC(C)O3)C2)NO1. The lowest BCUT2D eigenvalue weighted by molar-refractivity contribution is -0.133. The standard InChI is InChI=1S/C17H31N5O3/c1-3-14-19-15(22-25-14)11-4-6-12-10(8-11)5-7-13(12)18-16(23)17-21-20-9(2)24-17/h9-15,17,19-22H,3-8H2,1-2H3,(H,18,23)/t9?,10?,11?,12?,13-,14?,15?,17?/m1/s1. The molecule has 2 heterocycles. The Balaban J connectivity index is 1.28. The normalized spacial score (nSPS) is 47.0. The quantitative estimate of drug-likeness (QED) is 0.495. The average Bonchev–Trinajstić information content (AvgIpc) is 3.34. The first kappa shape index (κ1) is 17.6. The molecule has 0 radical (unpaired) electrons. The lowest BCUT2D eigenvalue weighted by Gasteiger charge is -2.36. The van der Waals surface area contributed by atoms with Crippen LogP contribution >= 0.6 is 0 Å². The molecular weight excluding hydrogens is 322 g/mol. The molecule has 1 amide bonds. The molecule has 4 fully saturated rings. The molecule has 142 valence electrons. The van der Waals surface area contributed by atoms with Crippen molar-refractivity contribution in [2.45, 2.75) is 83.3 Å². The summed E-state index contributed by atoms with van der Waals surface area (Å²) in [5.74, 6) is 1.85. The predicted molar refractivity (Wildman–Crippen MR) is 91.3 cm³/mol. The first-order valence-corrected chi connectivity index (χ1v) is 9.78. The van der Waals surface area contributed by atoms with Crippen LogP contribution in [0.3, 0.4) is 0 Å². The molecule has 8 atom stereocenters. The number of carbonyl (C=O) groups is 1. The number of carbonyl (C=O) groups excluding carboxylic acids is 1. The highest BCUT2D eigenvalue weighted by Crippen LogP contribution is 2.45. The minimum atomic E-state index is -0.583. The Labute approximate surface area is 149 Å². The van der Waals surface area contributed by atoms with Gasteiger partial charge in [0.15, 0.2) is 0 Å². The third kappa shape index (κ3) is 3.70. The third-order valence-corrected chi connectivity index (χ3v) is 6.32. The van der Waals surface area contributed by atoms with Gasteiger partial charge in [0.2, 0.25) is 6.23 Å². The van der Waals surface area contributed by atoms with Gasteiger partial charge in [-0.1, -0.05) is 6.92 Å². The third-order valence-electron chi connectivity index (χ3n) is 6.32. The lowest BCUT2D eigenvalue weighted by atomic mass is 9.74. The van der Waals surface area contributed by atoms with Gasteiger partial charge >= 0.3 is 0 Å². The van der Waals surface area contributed by atoms with E-state index < -0.39 is 6.23 Å². The number of nitrogens with one attached hydrogen (secondary N) is 5. The molecule has 2 saturated carbocycles. The highest BCUT2D eigenvalue weighted by molar-refractivity contribution is 5.80. The van der Waals surface area contributed by atoms with Crippen LogP contribution in [-0.4, -0.2) is 36.8 Å². The summed E-state index contributed by atoms with van der Waals surface area (Å²) in [6, 6.07) is 0.281. The highest BCUT2D eigenvalue weighted by Gasteiger charge is 2.44. The molecule has 7 unspecified atom stereocenters. The van der Waals surface area contributed by atoms with Crippen LogP contribution in [0.25, 0.3) is 0 Å². The second kappa shape index (κ2) is 7.46. The van der Waals surface area contributed by atoms with E-state index in [0.717, 1.165) is 12.8 Å². The number of hydrogen-bond donors (Lipinski definition) is 5. The van der Waals surface area contributed by atoms with Gasteiger partial charge in [0, 0.05) is 6.04 Å². The van der Waals surface area contributed by atoms with E-state index >= 15 is 0 Å². The molecule has 0 spiro atoms. The van der Waals surface area contributed by atoms with E-state index in [9.17, 15) is 4.79 Å². The van der Waals surface area contributed by atoms with Crippen molar-refractivity contribution in [1.29, 1.82) is 0 Å². The smallest absolute Gasteiger partial charge is 0.265 e. The minimum absolute atomic E-state index is 0.0528. The van der Waals surface area contributed by atoms with Crippen LogP contribution in [0, 0.1) is 17.8 Å². The Morgan fingerprint density at radius 1 is 1.16 bits per heavy atom. The van der Waals surface area contributed by atoms with E-state index in [0.29, 0.717) is 17.8 Å². The van der Waals surface area contributed by atoms with Gasteiger partial charge in [-0.3, -0.25) is 14.9 Å². The molecule has 4 rings (SSSR count). The summed E-state index contributed by atoms with van der Waals surface area (Å²) in [5, 5.41) is 6.76. The van der Waals surface area contributed by atoms with Crippen molar-refractivity contribution in [3.8, 4) is 0 Å². The van der Waals surface area contributed by atoms with Gasteiger partial charge in [0.05, 0.1) is 6.17 Å². The van der Waals surface area contributed by atoms with Gasteiger partial charge in [-0.15, -0.1) is 0 Å². The largest absolute Gasteiger partial charge is 0.350 e. The molecule has 0 bridgehead atoms. The molecule has 25 heavy (non-hydrogen) atoms. The van der Waals surface area contributed by atoms with Crippen molar-refractivity contribution in [3.63, 3.8) is 0 Å². The predicted octanol–water partition coefficient (Wildman–Crippen LogP) is 0.281. The maximum atomic E-state index is 12.4. The summed E-state index contributed by atoms with van der Waals surface area (Å²) in [7, 11) is 0.